The summed E-state index contributed by atoms with van der Waals surface area (Å²) in [5, 5.41) is 15.1. The van der Waals surface area contributed by atoms with Crippen molar-refractivity contribution in [3.63, 3.8) is 0 Å². The number of halogens is 3. The second-order valence-electron chi connectivity index (χ2n) is 6.42. The highest BCUT2D eigenvalue weighted by Gasteiger charge is 2.27. The van der Waals surface area contributed by atoms with Crippen LogP contribution in [0, 0.1) is 5.82 Å². The summed E-state index contributed by atoms with van der Waals surface area (Å²) in [4.78, 5) is 35.8. The van der Waals surface area contributed by atoms with Crippen molar-refractivity contribution in [2.75, 3.05) is 0 Å². The predicted molar refractivity (Wildman–Crippen MR) is 107 cm³/mol. The highest BCUT2D eigenvalue weighted by atomic mass is 35.5. The standard InChI is InChI=1S/C20H19Cl2FN2O4/c1-11(26)24-17(8-12-2-6-15(23)7-3-12)19(27)25-18(20(28)29)9-13-4-5-14(21)10-16(13)22/h2-7,10,17-18H,8-9H2,1H3,(H,24,26)(H,25,27)(H,28,29)/t17-,18+/m1/s1. The first-order valence-corrected chi connectivity index (χ1v) is 9.40. The molecule has 0 aromatic heterocycles. The summed E-state index contributed by atoms with van der Waals surface area (Å²) in [5.41, 5.74) is 1.10. The lowest BCUT2D eigenvalue weighted by Crippen LogP contribution is -2.52. The van der Waals surface area contributed by atoms with Crippen molar-refractivity contribution in [2.45, 2.75) is 31.8 Å². The lowest BCUT2D eigenvalue weighted by molar-refractivity contribution is -0.142. The summed E-state index contributed by atoms with van der Waals surface area (Å²) in [6, 6.07) is 7.77. The molecule has 0 bridgehead atoms. The van der Waals surface area contributed by atoms with Crippen LogP contribution in [0.3, 0.4) is 0 Å². The summed E-state index contributed by atoms with van der Waals surface area (Å²) in [6.07, 6.45) is 0.000147. The number of carbonyl (C=O) groups is 3. The fourth-order valence-corrected chi connectivity index (χ4v) is 3.18. The molecule has 2 atom stereocenters. The molecule has 0 fully saturated rings. The molecule has 2 aromatic rings. The number of hydrogen-bond acceptors (Lipinski definition) is 3. The Kier molecular flexibility index (Phi) is 7.99. The van der Waals surface area contributed by atoms with Crippen LogP contribution >= 0.6 is 23.2 Å². The van der Waals surface area contributed by atoms with Gasteiger partial charge in [-0.25, -0.2) is 9.18 Å². The van der Waals surface area contributed by atoms with E-state index in [1.54, 1.807) is 12.1 Å². The SMILES string of the molecule is CC(=O)N[C@H](Cc1ccc(F)cc1)C(=O)N[C@@H](Cc1ccc(Cl)cc1Cl)C(=O)O. The maximum absolute atomic E-state index is 13.1. The number of carboxylic acid groups (broad SMARTS) is 1. The molecule has 0 saturated heterocycles. The van der Waals surface area contributed by atoms with Gasteiger partial charge in [-0.15, -0.1) is 0 Å². The summed E-state index contributed by atoms with van der Waals surface area (Å²) < 4.78 is 13.1. The number of carbonyl (C=O) groups excluding carboxylic acids is 2. The number of nitrogens with one attached hydrogen (secondary N) is 2. The molecular formula is C20H19Cl2FN2O4. The van der Waals surface area contributed by atoms with Crippen LogP contribution in [-0.2, 0) is 27.2 Å². The van der Waals surface area contributed by atoms with E-state index in [9.17, 15) is 23.9 Å². The molecule has 2 aromatic carbocycles. The molecule has 0 radical (unpaired) electrons. The van der Waals surface area contributed by atoms with E-state index < -0.39 is 35.7 Å². The summed E-state index contributed by atoms with van der Waals surface area (Å²) >= 11 is 11.9. The quantitative estimate of drug-likeness (QED) is 0.587. The fourth-order valence-electron chi connectivity index (χ4n) is 2.69. The van der Waals surface area contributed by atoms with Crippen molar-refractivity contribution in [2.24, 2.45) is 0 Å². The van der Waals surface area contributed by atoms with Gasteiger partial charge < -0.3 is 15.7 Å². The molecule has 6 nitrogen and oxygen atoms in total. The third-order valence-electron chi connectivity index (χ3n) is 4.10. The first kappa shape index (κ1) is 22.6. The van der Waals surface area contributed by atoms with Crippen LogP contribution in [0.2, 0.25) is 10.0 Å². The van der Waals surface area contributed by atoms with E-state index >= 15 is 0 Å². The minimum Gasteiger partial charge on any atom is -0.480 e. The van der Waals surface area contributed by atoms with Crippen molar-refractivity contribution < 1.29 is 23.9 Å². The minimum absolute atomic E-state index is 0.0690. The molecule has 0 aliphatic carbocycles. The summed E-state index contributed by atoms with van der Waals surface area (Å²) in [5.74, 6) is -2.82. The van der Waals surface area contributed by atoms with E-state index in [0.717, 1.165) is 0 Å². The smallest absolute Gasteiger partial charge is 0.326 e. The third kappa shape index (κ3) is 7.03. The molecule has 29 heavy (non-hydrogen) atoms. The van der Waals surface area contributed by atoms with Gasteiger partial charge in [0, 0.05) is 29.8 Å². The molecule has 9 heteroatoms. The molecule has 0 aliphatic heterocycles. The second kappa shape index (κ2) is 10.2. The molecule has 3 N–H and O–H groups in total. The van der Waals surface area contributed by atoms with E-state index in [1.807, 2.05) is 0 Å². The zero-order valence-corrected chi connectivity index (χ0v) is 16.9. The normalized spacial score (nSPS) is 12.7. The molecule has 154 valence electrons. The highest BCUT2D eigenvalue weighted by Crippen LogP contribution is 2.22. The Labute approximate surface area is 177 Å². The van der Waals surface area contributed by atoms with E-state index in [2.05, 4.69) is 10.6 Å². The van der Waals surface area contributed by atoms with Gasteiger partial charge in [-0.1, -0.05) is 41.4 Å². The van der Waals surface area contributed by atoms with Crippen molar-refractivity contribution in [3.8, 4) is 0 Å². The maximum atomic E-state index is 13.1. The van der Waals surface area contributed by atoms with E-state index in [-0.39, 0.29) is 17.9 Å². The number of benzene rings is 2. The Bertz CT molecular complexity index is 906. The van der Waals surface area contributed by atoms with Gasteiger partial charge in [-0.3, -0.25) is 9.59 Å². The second-order valence-corrected chi connectivity index (χ2v) is 7.27. The third-order valence-corrected chi connectivity index (χ3v) is 4.69. The van der Waals surface area contributed by atoms with E-state index in [4.69, 9.17) is 23.2 Å². The maximum Gasteiger partial charge on any atom is 0.326 e. The van der Waals surface area contributed by atoms with E-state index in [1.165, 1.54) is 37.3 Å². The van der Waals surface area contributed by atoms with Crippen LogP contribution in [-0.4, -0.2) is 35.0 Å². The Morgan fingerprint density at radius 3 is 2.21 bits per heavy atom. The predicted octanol–water partition coefficient (Wildman–Crippen LogP) is 2.99. The molecule has 0 unspecified atom stereocenters. The average molecular weight is 441 g/mol. The molecule has 0 spiro atoms. The average Bonchev–Trinajstić information content (AvgIpc) is 2.63. The van der Waals surface area contributed by atoms with Gasteiger partial charge in [0.2, 0.25) is 11.8 Å². The van der Waals surface area contributed by atoms with Crippen LogP contribution in [0.4, 0.5) is 4.39 Å². The van der Waals surface area contributed by atoms with Crippen LogP contribution in [0.25, 0.3) is 0 Å². The minimum atomic E-state index is -1.27. The lowest BCUT2D eigenvalue weighted by Gasteiger charge is -2.21. The topological polar surface area (TPSA) is 95.5 Å². The van der Waals surface area contributed by atoms with Crippen LogP contribution in [0.15, 0.2) is 42.5 Å². The van der Waals surface area contributed by atoms with Gasteiger partial charge in [0.25, 0.3) is 0 Å². The molecular weight excluding hydrogens is 422 g/mol. The van der Waals surface area contributed by atoms with Crippen LogP contribution in [0.1, 0.15) is 18.1 Å². The number of carboxylic acids is 1. The van der Waals surface area contributed by atoms with Gasteiger partial charge in [0.05, 0.1) is 0 Å². The number of aliphatic carboxylic acids is 1. The molecule has 0 saturated carbocycles. The highest BCUT2D eigenvalue weighted by molar-refractivity contribution is 6.35. The molecule has 0 aliphatic rings. The largest absolute Gasteiger partial charge is 0.480 e. The summed E-state index contributed by atoms with van der Waals surface area (Å²) in [6.45, 7) is 1.24. The molecule has 2 amide bonds. The van der Waals surface area contributed by atoms with Crippen molar-refractivity contribution >= 4 is 41.0 Å². The van der Waals surface area contributed by atoms with E-state index in [0.29, 0.717) is 16.1 Å². The van der Waals surface area contributed by atoms with Gasteiger partial charge in [-0.2, -0.15) is 0 Å². The first-order valence-electron chi connectivity index (χ1n) is 8.64. The van der Waals surface area contributed by atoms with Crippen molar-refractivity contribution in [1.29, 1.82) is 0 Å². The fraction of sp³-hybridized carbons (Fsp3) is 0.250. The Hall–Kier alpha value is -2.64. The Balaban J connectivity index is 2.15. The van der Waals surface area contributed by atoms with Crippen molar-refractivity contribution in [1.82, 2.24) is 10.6 Å². The van der Waals surface area contributed by atoms with Crippen LogP contribution < -0.4 is 10.6 Å². The summed E-state index contributed by atoms with van der Waals surface area (Å²) in [7, 11) is 0. The first-order chi connectivity index (χ1) is 13.7. The van der Waals surface area contributed by atoms with Gasteiger partial charge in [0.15, 0.2) is 0 Å². The number of hydrogen-bond donors (Lipinski definition) is 3. The number of amides is 2. The Morgan fingerprint density at radius 2 is 1.66 bits per heavy atom. The van der Waals surface area contributed by atoms with Crippen molar-refractivity contribution in [3.05, 3.63) is 69.5 Å². The Morgan fingerprint density at radius 1 is 1.00 bits per heavy atom. The number of rotatable bonds is 8. The van der Waals surface area contributed by atoms with Gasteiger partial charge >= 0.3 is 5.97 Å². The lowest BCUT2D eigenvalue weighted by atomic mass is 10.0. The zero-order chi connectivity index (χ0) is 21.6. The molecule has 0 heterocycles. The van der Waals surface area contributed by atoms with Gasteiger partial charge in [0.1, 0.15) is 17.9 Å². The zero-order valence-electron chi connectivity index (χ0n) is 15.4. The van der Waals surface area contributed by atoms with Gasteiger partial charge in [-0.05, 0) is 35.4 Å². The monoisotopic (exact) mass is 440 g/mol. The van der Waals surface area contributed by atoms with Crippen LogP contribution in [0.5, 0.6) is 0 Å². The molecule has 2 rings (SSSR count).